The lowest BCUT2D eigenvalue weighted by molar-refractivity contribution is 0.390. The van der Waals surface area contributed by atoms with Crippen molar-refractivity contribution in [3.8, 4) is 0 Å². The highest BCUT2D eigenvalue weighted by atomic mass is 32.2. The van der Waals surface area contributed by atoms with Crippen LogP contribution < -0.4 is 4.72 Å². The number of nitrogens with zero attached hydrogens (tertiary/aromatic N) is 1. The van der Waals surface area contributed by atoms with Crippen molar-refractivity contribution in [1.29, 1.82) is 0 Å². The van der Waals surface area contributed by atoms with E-state index in [9.17, 15) is 4.21 Å². The van der Waals surface area contributed by atoms with E-state index in [0.29, 0.717) is 6.04 Å². The molecule has 4 heteroatoms. The Hall–Kier alpha value is -0.0900. The second kappa shape index (κ2) is 2.88. The molecule has 1 atom stereocenters. The summed E-state index contributed by atoms with van der Waals surface area (Å²) in [6.45, 7) is 0. The molecule has 1 aliphatic rings. The minimum absolute atomic E-state index is 0.459. The van der Waals surface area contributed by atoms with Gasteiger partial charge < -0.3 is 0 Å². The SMILES string of the molecule is CN=S(C)(=O)NC1CCC1. The molecule has 0 saturated heterocycles. The molecule has 0 aromatic heterocycles. The third-order valence-corrected chi connectivity index (χ3v) is 3.31. The van der Waals surface area contributed by atoms with Crippen LogP contribution in [0.1, 0.15) is 19.3 Å². The van der Waals surface area contributed by atoms with E-state index in [1.54, 1.807) is 13.3 Å². The number of hydrogen-bond acceptors (Lipinski definition) is 2. The summed E-state index contributed by atoms with van der Waals surface area (Å²) in [5, 5.41) is 0. The zero-order chi connectivity index (χ0) is 7.61. The van der Waals surface area contributed by atoms with Crippen LogP contribution in [0.3, 0.4) is 0 Å². The average Bonchev–Trinajstić information content (AvgIpc) is 1.80. The summed E-state index contributed by atoms with van der Waals surface area (Å²) in [5.41, 5.74) is 0. The van der Waals surface area contributed by atoms with Crippen LogP contribution in [0.5, 0.6) is 0 Å². The molecule has 0 aromatic carbocycles. The second-order valence-corrected chi connectivity index (χ2v) is 4.94. The van der Waals surface area contributed by atoms with Crippen molar-refractivity contribution >= 4 is 9.92 Å². The Morgan fingerprint density at radius 2 is 2.20 bits per heavy atom. The monoisotopic (exact) mass is 162 g/mol. The van der Waals surface area contributed by atoms with Crippen LogP contribution in [0, 0.1) is 0 Å². The standard InChI is InChI=1S/C6H14N2OS/c1-7-10(2,9)8-6-4-3-5-6/h6H,3-5H2,1-2H3,(H,7,8,9). The Kier molecular flexibility index (Phi) is 2.31. The molecule has 0 radical (unpaired) electrons. The lowest BCUT2D eigenvalue weighted by Gasteiger charge is -2.26. The molecule has 60 valence electrons. The van der Waals surface area contributed by atoms with Crippen LogP contribution in [0.4, 0.5) is 0 Å². The highest BCUT2D eigenvalue weighted by molar-refractivity contribution is 7.91. The molecular weight excluding hydrogens is 148 g/mol. The fraction of sp³-hybridized carbons (Fsp3) is 1.00. The van der Waals surface area contributed by atoms with Gasteiger partial charge in [0.25, 0.3) is 0 Å². The lowest BCUT2D eigenvalue weighted by atomic mass is 9.94. The van der Waals surface area contributed by atoms with Crippen LogP contribution in [-0.2, 0) is 9.92 Å². The summed E-state index contributed by atoms with van der Waals surface area (Å²) in [6.07, 6.45) is 5.21. The smallest absolute Gasteiger partial charge is 0.104 e. The van der Waals surface area contributed by atoms with Crippen LogP contribution in [0.25, 0.3) is 0 Å². The largest absolute Gasteiger partial charge is 0.234 e. The van der Waals surface area contributed by atoms with E-state index in [2.05, 4.69) is 9.08 Å². The van der Waals surface area contributed by atoms with Crippen LogP contribution in [0.15, 0.2) is 4.36 Å². The van der Waals surface area contributed by atoms with Gasteiger partial charge in [-0.3, -0.25) is 0 Å². The van der Waals surface area contributed by atoms with E-state index >= 15 is 0 Å². The molecule has 0 aliphatic heterocycles. The Labute approximate surface area is 62.5 Å². The summed E-state index contributed by atoms with van der Waals surface area (Å²) >= 11 is 0. The molecule has 1 N–H and O–H groups in total. The fourth-order valence-electron chi connectivity index (χ4n) is 0.888. The van der Waals surface area contributed by atoms with Gasteiger partial charge in [-0.2, -0.15) is 0 Å². The van der Waals surface area contributed by atoms with E-state index in [1.165, 1.54) is 6.42 Å². The summed E-state index contributed by atoms with van der Waals surface area (Å²) in [6, 6.07) is 0.459. The number of nitrogens with one attached hydrogen (secondary N) is 1. The summed E-state index contributed by atoms with van der Waals surface area (Å²) in [7, 11) is -0.463. The van der Waals surface area contributed by atoms with Crippen molar-refractivity contribution < 1.29 is 4.21 Å². The molecular formula is C6H14N2OS. The first-order valence-electron chi connectivity index (χ1n) is 3.51. The number of rotatable bonds is 2. The van der Waals surface area contributed by atoms with Gasteiger partial charge in [0.05, 0.1) is 0 Å². The normalized spacial score (nSPS) is 25.0. The minimum Gasteiger partial charge on any atom is -0.234 e. The fourth-order valence-corrected chi connectivity index (χ4v) is 1.85. The second-order valence-electron chi connectivity index (χ2n) is 2.73. The number of hydrogen-bond donors (Lipinski definition) is 1. The van der Waals surface area contributed by atoms with Gasteiger partial charge in [-0.25, -0.2) is 13.3 Å². The van der Waals surface area contributed by atoms with E-state index in [4.69, 9.17) is 0 Å². The van der Waals surface area contributed by atoms with E-state index in [1.807, 2.05) is 0 Å². The predicted octanol–water partition coefficient (Wildman–Crippen LogP) is 0.771. The Morgan fingerprint density at radius 3 is 2.50 bits per heavy atom. The van der Waals surface area contributed by atoms with Crippen molar-refractivity contribution in [2.45, 2.75) is 25.3 Å². The Balaban J connectivity index is 2.44. The maximum Gasteiger partial charge on any atom is 0.104 e. The molecule has 10 heavy (non-hydrogen) atoms. The quantitative estimate of drug-likeness (QED) is 0.640. The van der Waals surface area contributed by atoms with Crippen molar-refractivity contribution in [2.24, 2.45) is 4.36 Å². The third kappa shape index (κ3) is 1.95. The van der Waals surface area contributed by atoms with E-state index < -0.39 is 9.92 Å². The van der Waals surface area contributed by atoms with Gasteiger partial charge in [-0.05, 0) is 12.8 Å². The summed E-state index contributed by atoms with van der Waals surface area (Å²) in [4.78, 5) is 0. The average molecular weight is 162 g/mol. The molecule has 0 amide bonds. The lowest BCUT2D eigenvalue weighted by Crippen LogP contribution is -2.38. The first-order chi connectivity index (χ1) is 4.64. The van der Waals surface area contributed by atoms with Gasteiger partial charge in [0.1, 0.15) is 9.92 Å². The zero-order valence-corrected chi connectivity index (χ0v) is 7.28. The van der Waals surface area contributed by atoms with Gasteiger partial charge in [-0.1, -0.05) is 6.42 Å². The molecule has 0 heterocycles. The molecule has 0 bridgehead atoms. The Bertz CT molecular complexity index is 214. The molecule has 1 unspecified atom stereocenters. The molecule has 1 aliphatic carbocycles. The molecule has 0 spiro atoms. The van der Waals surface area contributed by atoms with Crippen molar-refractivity contribution in [3.05, 3.63) is 0 Å². The molecule has 3 nitrogen and oxygen atoms in total. The van der Waals surface area contributed by atoms with Gasteiger partial charge >= 0.3 is 0 Å². The van der Waals surface area contributed by atoms with Crippen molar-refractivity contribution in [2.75, 3.05) is 13.3 Å². The Morgan fingerprint density at radius 1 is 1.60 bits per heavy atom. The maximum absolute atomic E-state index is 11.3. The molecule has 1 fully saturated rings. The topological polar surface area (TPSA) is 41.5 Å². The van der Waals surface area contributed by atoms with E-state index in [0.717, 1.165) is 12.8 Å². The maximum atomic E-state index is 11.3. The van der Waals surface area contributed by atoms with Gasteiger partial charge in [0.2, 0.25) is 0 Å². The zero-order valence-electron chi connectivity index (χ0n) is 6.46. The van der Waals surface area contributed by atoms with Gasteiger partial charge in [0, 0.05) is 19.3 Å². The predicted molar refractivity (Wildman–Crippen MR) is 43.2 cm³/mol. The highest BCUT2D eigenvalue weighted by Crippen LogP contribution is 2.18. The summed E-state index contributed by atoms with van der Waals surface area (Å²) < 4.78 is 18.0. The first kappa shape index (κ1) is 8.01. The first-order valence-corrected chi connectivity index (χ1v) is 5.44. The highest BCUT2D eigenvalue weighted by Gasteiger charge is 2.19. The summed E-state index contributed by atoms with van der Waals surface area (Å²) in [5.74, 6) is 0. The molecule has 0 aromatic rings. The van der Waals surface area contributed by atoms with Crippen molar-refractivity contribution in [1.82, 2.24) is 4.72 Å². The minimum atomic E-state index is -2.05. The third-order valence-electron chi connectivity index (χ3n) is 1.84. The molecule has 1 rings (SSSR count). The molecule has 1 saturated carbocycles. The van der Waals surface area contributed by atoms with Crippen molar-refractivity contribution in [3.63, 3.8) is 0 Å². The van der Waals surface area contributed by atoms with Crippen LogP contribution in [-0.4, -0.2) is 23.6 Å². The van der Waals surface area contributed by atoms with Gasteiger partial charge in [-0.15, -0.1) is 0 Å². The van der Waals surface area contributed by atoms with Gasteiger partial charge in [0.15, 0.2) is 0 Å². The van der Waals surface area contributed by atoms with E-state index in [-0.39, 0.29) is 0 Å². The van der Waals surface area contributed by atoms with Crippen LogP contribution >= 0.6 is 0 Å². The van der Waals surface area contributed by atoms with Crippen LogP contribution in [0.2, 0.25) is 0 Å².